The fourth-order valence-corrected chi connectivity index (χ4v) is 2.08. The van der Waals surface area contributed by atoms with Gasteiger partial charge in [0.05, 0.1) is 38.4 Å². The summed E-state index contributed by atoms with van der Waals surface area (Å²) in [6, 6.07) is 6.83. The molecule has 0 amide bonds. The number of aryl methyl sites for hydroxylation is 1. The first kappa shape index (κ1) is 16.4. The topological polar surface area (TPSA) is 104 Å². The number of anilines is 2. The number of benzene rings is 2. The lowest BCUT2D eigenvalue weighted by Gasteiger charge is -2.10. The zero-order chi connectivity index (χ0) is 17.0. The van der Waals surface area contributed by atoms with E-state index in [1.807, 2.05) is 6.92 Å². The van der Waals surface area contributed by atoms with Crippen LogP contribution in [-0.2, 0) is 0 Å². The number of methoxy groups -OCH3 is 3. The van der Waals surface area contributed by atoms with E-state index in [0.717, 1.165) is 5.56 Å². The molecule has 0 bridgehead atoms. The van der Waals surface area contributed by atoms with Crippen LogP contribution in [0.15, 0.2) is 34.5 Å². The highest BCUT2D eigenvalue weighted by molar-refractivity contribution is 5.67. The maximum Gasteiger partial charge on any atom is 0.148 e. The number of ether oxygens (including phenoxy) is 3. The second-order valence-corrected chi connectivity index (χ2v) is 4.85. The highest BCUT2D eigenvalue weighted by Gasteiger charge is 2.10. The van der Waals surface area contributed by atoms with Gasteiger partial charge < -0.3 is 25.7 Å². The minimum atomic E-state index is 0.466. The van der Waals surface area contributed by atoms with Gasteiger partial charge in [-0.15, -0.1) is 5.11 Å². The van der Waals surface area contributed by atoms with Crippen molar-refractivity contribution in [1.29, 1.82) is 0 Å². The van der Waals surface area contributed by atoms with E-state index in [1.165, 1.54) is 14.2 Å². The van der Waals surface area contributed by atoms with Gasteiger partial charge in [0.2, 0.25) is 0 Å². The lowest BCUT2D eigenvalue weighted by Crippen LogP contribution is -1.94. The van der Waals surface area contributed by atoms with Gasteiger partial charge in [-0.1, -0.05) is 0 Å². The molecule has 122 valence electrons. The summed E-state index contributed by atoms with van der Waals surface area (Å²) >= 11 is 0. The number of nitrogen functional groups attached to an aromatic ring is 2. The predicted octanol–water partition coefficient (Wildman–Crippen LogP) is 3.60. The molecule has 0 aliphatic rings. The quantitative estimate of drug-likeness (QED) is 0.647. The molecule has 2 rings (SSSR count). The van der Waals surface area contributed by atoms with Crippen LogP contribution in [-0.4, -0.2) is 21.3 Å². The number of azo groups is 1. The molecule has 0 saturated heterocycles. The van der Waals surface area contributed by atoms with E-state index in [4.69, 9.17) is 25.7 Å². The summed E-state index contributed by atoms with van der Waals surface area (Å²) in [6.07, 6.45) is 0. The van der Waals surface area contributed by atoms with Crippen molar-refractivity contribution in [3.8, 4) is 17.2 Å². The Hall–Kier alpha value is -2.96. The minimum absolute atomic E-state index is 0.466. The molecule has 2 aromatic rings. The lowest BCUT2D eigenvalue weighted by atomic mass is 10.1. The Morgan fingerprint density at radius 2 is 1.17 bits per heavy atom. The van der Waals surface area contributed by atoms with Crippen molar-refractivity contribution in [3.05, 3.63) is 29.8 Å². The molecular formula is C16H20N4O3. The Morgan fingerprint density at radius 3 is 1.74 bits per heavy atom. The van der Waals surface area contributed by atoms with Crippen molar-refractivity contribution in [1.82, 2.24) is 0 Å². The minimum Gasteiger partial charge on any atom is -0.495 e. The van der Waals surface area contributed by atoms with Gasteiger partial charge in [0.25, 0.3) is 0 Å². The van der Waals surface area contributed by atoms with Gasteiger partial charge in [-0.3, -0.25) is 0 Å². The highest BCUT2D eigenvalue weighted by Crippen LogP contribution is 2.38. The largest absolute Gasteiger partial charge is 0.495 e. The second-order valence-electron chi connectivity index (χ2n) is 4.85. The van der Waals surface area contributed by atoms with Gasteiger partial charge in [0.15, 0.2) is 0 Å². The molecule has 7 nitrogen and oxygen atoms in total. The van der Waals surface area contributed by atoms with Crippen molar-refractivity contribution in [2.24, 2.45) is 10.2 Å². The SMILES string of the molecule is COc1cc(/N=N/c2cc(OC)c(N)cc2OC)c(C)cc1N. The first-order valence-corrected chi connectivity index (χ1v) is 6.87. The van der Waals surface area contributed by atoms with Crippen molar-refractivity contribution in [2.45, 2.75) is 6.92 Å². The molecule has 7 heteroatoms. The van der Waals surface area contributed by atoms with E-state index in [9.17, 15) is 0 Å². The average molecular weight is 316 g/mol. The van der Waals surface area contributed by atoms with Crippen LogP contribution in [0, 0.1) is 6.92 Å². The van der Waals surface area contributed by atoms with E-state index in [0.29, 0.717) is 40.0 Å². The Morgan fingerprint density at radius 1 is 0.696 bits per heavy atom. The summed E-state index contributed by atoms with van der Waals surface area (Å²) in [6.45, 7) is 1.89. The Kier molecular flexibility index (Phi) is 4.90. The Labute approximate surface area is 134 Å². The van der Waals surface area contributed by atoms with Gasteiger partial charge in [0, 0.05) is 18.2 Å². The molecule has 0 atom stereocenters. The Bertz CT molecular complexity index is 745. The molecule has 0 aliphatic carbocycles. The first-order valence-electron chi connectivity index (χ1n) is 6.87. The molecule has 0 spiro atoms. The third-order valence-electron chi connectivity index (χ3n) is 3.34. The lowest BCUT2D eigenvalue weighted by molar-refractivity contribution is 0.406. The molecule has 0 heterocycles. The number of hydrogen-bond acceptors (Lipinski definition) is 7. The standard InChI is InChI=1S/C16H20N4O3/c1-9-5-10(17)14(21-2)7-12(9)19-20-13-8-15(22-3)11(18)6-16(13)23-4/h5-8H,17-18H2,1-4H3/b20-19+. The van der Waals surface area contributed by atoms with Crippen molar-refractivity contribution >= 4 is 22.7 Å². The first-order chi connectivity index (χ1) is 11.0. The van der Waals surface area contributed by atoms with E-state index in [-0.39, 0.29) is 0 Å². The smallest absolute Gasteiger partial charge is 0.148 e. The molecule has 0 saturated carbocycles. The van der Waals surface area contributed by atoms with Crippen LogP contribution in [0.2, 0.25) is 0 Å². The van der Waals surface area contributed by atoms with Crippen LogP contribution < -0.4 is 25.7 Å². The second kappa shape index (κ2) is 6.87. The van der Waals surface area contributed by atoms with Crippen molar-refractivity contribution in [3.63, 3.8) is 0 Å². The number of nitrogens with zero attached hydrogens (tertiary/aromatic N) is 2. The van der Waals surface area contributed by atoms with Crippen molar-refractivity contribution in [2.75, 3.05) is 32.8 Å². The zero-order valence-electron chi connectivity index (χ0n) is 13.6. The van der Waals surface area contributed by atoms with Gasteiger partial charge in [0.1, 0.15) is 22.9 Å². The molecule has 0 radical (unpaired) electrons. The van der Waals surface area contributed by atoms with Gasteiger partial charge in [-0.25, -0.2) is 0 Å². The average Bonchev–Trinajstić information content (AvgIpc) is 2.54. The van der Waals surface area contributed by atoms with Crippen LogP contribution in [0.3, 0.4) is 0 Å². The van der Waals surface area contributed by atoms with E-state index in [1.54, 1.807) is 31.4 Å². The third kappa shape index (κ3) is 3.45. The van der Waals surface area contributed by atoms with Crippen LogP contribution >= 0.6 is 0 Å². The number of rotatable bonds is 5. The molecule has 0 aliphatic heterocycles. The van der Waals surface area contributed by atoms with Crippen molar-refractivity contribution < 1.29 is 14.2 Å². The predicted molar refractivity (Wildman–Crippen MR) is 90.3 cm³/mol. The van der Waals surface area contributed by atoms with Crippen LogP contribution in [0.5, 0.6) is 17.2 Å². The van der Waals surface area contributed by atoms with E-state index in [2.05, 4.69) is 10.2 Å². The highest BCUT2D eigenvalue weighted by atomic mass is 16.5. The van der Waals surface area contributed by atoms with Gasteiger partial charge >= 0.3 is 0 Å². The normalized spacial score (nSPS) is 10.8. The monoisotopic (exact) mass is 316 g/mol. The maximum atomic E-state index is 5.86. The summed E-state index contributed by atoms with van der Waals surface area (Å²) in [5.41, 5.74) is 14.8. The molecule has 2 aromatic carbocycles. The maximum absolute atomic E-state index is 5.86. The molecular weight excluding hydrogens is 296 g/mol. The summed E-state index contributed by atoms with van der Waals surface area (Å²) in [4.78, 5) is 0. The number of hydrogen-bond donors (Lipinski definition) is 2. The summed E-state index contributed by atoms with van der Waals surface area (Å²) in [5.74, 6) is 1.56. The molecule has 4 N–H and O–H groups in total. The molecule has 0 aromatic heterocycles. The molecule has 0 unspecified atom stereocenters. The molecule has 23 heavy (non-hydrogen) atoms. The summed E-state index contributed by atoms with van der Waals surface area (Å²) < 4.78 is 15.7. The zero-order valence-corrected chi connectivity index (χ0v) is 13.6. The number of nitrogens with two attached hydrogens (primary N) is 2. The van der Waals surface area contributed by atoms with Gasteiger partial charge in [-0.2, -0.15) is 5.11 Å². The third-order valence-corrected chi connectivity index (χ3v) is 3.34. The summed E-state index contributed by atoms with van der Waals surface area (Å²) in [5, 5.41) is 8.48. The molecule has 0 fully saturated rings. The van der Waals surface area contributed by atoms with Crippen LogP contribution in [0.4, 0.5) is 22.7 Å². The fourth-order valence-electron chi connectivity index (χ4n) is 2.08. The summed E-state index contributed by atoms with van der Waals surface area (Å²) in [7, 11) is 4.63. The fraction of sp³-hybridized carbons (Fsp3) is 0.250. The van der Waals surface area contributed by atoms with E-state index >= 15 is 0 Å². The van der Waals surface area contributed by atoms with Crippen LogP contribution in [0.25, 0.3) is 0 Å². The van der Waals surface area contributed by atoms with E-state index < -0.39 is 0 Å². The van der Waals surface area contributed by atoms with Gasteiger partial charge in [-0.05, 0) is 18.6 Å². The van der Waals surface area contributed by atoms with Crippen LogP contribution in [0.1, 0.15) is 5.56 Å². The Balaban J connectivity index is 2.44.